The van der Waals surface area contributed by atoms with E-state index in [-0.39, 0.29) is 35.3 Å². The molecule has 0 aliphatic carbocycles. The van der Waals surface area contributed by atoms with E-state index in [4.69, 9.17) is 15.8 Å². The van der Waals surface area contributed by atoms with Crippen LogP contribution in [0, 0.1) is 18.2 Å². The lowest BCUT2D eigenvalue weighted by atomic mass is 9.96. The predicted octanol–water partition coefficient (Wildman–Crippen LogP) is 9.45. The molecule has 8 nitrogen and oxygen atoms in total. The lowest BCUT2D eigenvalue weighted by molar-refractivity contribution is 0.0419. The number of fused-ring (bicyclic) bond motifs is 3. The van der Waals surface area contributed by atoms with Crippen molar-refractivity contribution in [1.82, 2.24) is 15.4 Å². The first kappa shape index (κ1) is 32.6. The summed E-state index contributed by atoms with van der Waals surface area (Å²) < 4.78 is 41.9. The van der Waals surface area contributed by atoms with Crippen LogP contribution in [0.15, 0.2) is 40.9 Å². The van der Waals surface area contributed by atoms with E-state index >= 15 is 4.39 Å². The minimum absolute atomic E-state index is 0.0704. The van der Waals surface area contributed by atoms with E-state index in [0.717, 1.165) is 43.4 Å². The minimum Gasteiger partial charge on any atom is -0.444 e. The second kappa shape index (κ2) is 13.1. The Labute approximate surface area is 276 Å². The van der Waals surface area contributed by atoms with E-state index in [1.807, 2.05) is 25.7 Å². The molecule has 1 N–H and O–H groups in total. The van der Waals surface area contributed by atoms with E-state index in [0.29, 0.717) is 56.8 Å². The Kier molecular flexibility index (Phi) is 9.07. The summed E-state index contributed by atoms with van der Waals surface area (Å²) in [4.78, 5) is 32.6. The third kappa shape index (κ3) is 6.75. The van der Waals surface area contributed by atoms with E-state index in [1.54, 1.807) is 18.2 Å². The Morgan fingerprint density at radius 3 is 2.49 bits per heavy atom. The highest BCUT2D eigenvalue weighted by Gasteiger charge is 2.44. The normalized spacial score (nSPS) is 19.2. The van der Waals surface area contributed by atoms with Gasteiger partial charge in [0.15, 0.2) is 5.58 Å². The van der Waals surface area contributed by atoms with Gasteiger partial charge in [-0.2, -0.15) is 0 Å². The van der Waals surface area contributed by atoms with E-state index in [2.05, 4.69) is 22.2 Å². The first-order valence-electron chi connectivity index (χ1n) is 16.2. The molecular formula is C36H38F2N4O4S. The lowest BCUT2D eigenvalue weighted by Crippen LogP contribution is -2.52. The highest BCUT2D eigenvalue weighted by molar-refractivity contribution is 7.18. The van der Waals surface area contributed by atoms with Crippen LogP contribution in [0.25, 0.3) is 37.4 Å². The number of carbonyl (C=O) groups excluding carboxylic acids is 2. The quantitative estimate of drug-likeness (QED) is 0.150. The highest BCUT2D eigenvalue weighted by Crippen LogP contribution is 2.45. The van der Waals surface area contributed by atoms with E-state index < -0.39 is 23.3 Å². The maximum absolute atomic E-state index is 16.0. The molecule has 2 aromatic heterocycles. The molecule has 2 atom stereocenters. The Morgan fingerprint density at radius 1 is 1.09 bits per heavy atom. The SMILES string of the molecule is [C-]#[N+]c1ccc(-c2cc(C(=O)N3C4CCC3CC(NC(=O)OC(C)(C)C)C4)sc2-c2cc3onc(CCCCC)c3cc2F)cc1F. The van der Waals surface area contributed by atoms with Crippen LogP contribution in [0.2, 0.25) is 0 Å². The second-order valence-corrected chi connectivity index (χ2v) is 14.5. The maximum atomic E-state index is 16.0. The standard InChI is InChI=1S/C36H38F2N4O4S/c1-6-7-8-9-29-26-17-27(37)25(18-31(26)46-41-29)33-24(20-10-13-30(39-5)28(38)14-20)19-32(47-33)34(43)42-22-11-12-23(42)16-21(15-22)40-35(44)45-36(2,3)4/h10,13-14,17-19,21-23H,6-9,11-12,15-16H2,1-4H3,(H,40,44). The van der Waals surface area contributed by atoms with Gasteiger partial charge in [-0.05, 0) is 89.1 Å². The van der Waals surface area contributed by atoms with Gasteiger partial charge in [0.1, 0.15) is 17.2 Å². The van der Waals surface area contributed by atoms with Crippen molar-refractivity contribution in [2.45, 2.75) is 103 Å². The van der Waals surface area contributed by atoms with Crippen LogP contribution >= 0.6 is 11.3 Å². The van der Waals surface area contributed by atoms with Crippen molar-refractivity contribution in [3.63, 3.8) is 0 Å². The van der Waals surface area contributed by atoms with Crippen LogP contribution in [0.3, 0.4) is 0 Å². The molecule has 0 radical (unpaired) electrons. The molecule has 47 heavy (non-hydrogen) atoms. The van der Waals surface area contributed by atoms with Crippen LogP contribution in [-0.4, -0.2) is 45.8 Å². The number of benzene rings is 2. The van der Waals surface area contributed by atoms with Crippen molar-refractivity contribution in [1.29, 1.82) is 0 Å². The molecule has 0 saturated carbocycles. The van der Waals surface area contributed by atoms with Gasteiger partial charge in [-0.25, -0.2) is 18.4 Å². The molecule has 2 aromatic carbocycles. The van der Waals surface area contributed by atoms with Crippen molar-refractivity contribution in [2.24, 2.45) is 0 Å². The molecule has 2 amide bonds. The fraction of sp³-hybridized carbons (Fsp3) is 0.444. The van der Waals surface area contributed by atoms with E-state index in [9.17, 15) is 14.0 Å². The summed E-state index contributed by atoms with van der Waals surface area (Å²) >= 11 is 1.16. The molecule has 11 heteroatoms. The van der Waals surface area contributed by atoms with Gasteiger partial charge in [0.05, 0.1) is 17.1 Å². The number of alkyl carbamates (subject to hydrolysis) is 1. The number of amides is 2. The predicted molar refractivity (Wildman–Crippen MR) is 178 cm³/mol. The summed E-state index contributed by atoms with van der Waals surface area (Å²) in [5.41, 5.74) is 1.56. The summed E-state index contributed by atoms with van der Waals surface area (Å²) in [6, 6.07) is 8.73. The topological polar surface area (TPSA) is 89.0 Å². The van der Waals surface area contributed by atoms with Gasteiger partial charge in [0.2, 0.25) is 5.69 Å². The van der Waals surface area contributed by atoms with E-state index in [1.165, 1.54) is 18.2 Å². The summed E-state index contributed by atoms with van der Waals surface area (Å²) in [6.07, 6.45) is 6.06. The van der Waals surface area contributed by atoms with Crippen molar-refractivity contribution in [3.05, 3.63) is 70.0 Å². The Hall–Kier alpha value is -4.30. The first-order chi connectivity index (χ1) is 22.5. The minimum atomic E-state index is -0.692. The van der Waals surface area contributed by atoms with Gasteiger partial charge >= 0.3 is 6.09 Å². The first-order valence-corrected chi connectivity index (χ1v) is 17.0. The van der Waals surface area contributed by atoms with Gasteiger partial charge in [-0.3, -0.25) is 4.79 Å². The molecule has 2 unspecified atom stereocenters. The second-order valence-electron chi connectivity index (χ2n) is 13.5. The molecule has 2 saturated heterocycles. The van der Waals surface area contributed by atoms with Crippen molar-refractivity contribution in [3.8, 4) is 21.6 Å². The molecule has 246 valence electrons. The summed E-state index contributed by atoms with van der Waals surface area (Å²) in [5.74, 6) is -1.36. The smallest absolute Gasteiger partial charge is 0.407 e. The fourth-order valence-electron chi connectivity index (χ4n) is 6.81. The molecule has 0 spiro atoms. The third-order valence-corrected chi connectivity index (χ3v) is 10.1. The molecule has 2 aliphatic rings. The zero-order valence-corrected chi connectivity index (χ0v) is 27.8. The van der Waals surface area contributed by atoms with Crippen LogP contribution in [-0.2, 0) is 11.2 Å². The summed E-state index contributed by atoms with van der Waals surface area (Å²) in [6.45, 7) is 14.8. The number of piperidine rings is 1. The largest absolute Gasteiger partial charge is 0.444 e. The summed E-state index contributed by atoms with van der Waals surface area (Å²) in [5, 5.41) is 7.79. The molecular weight excluding hydrogens is 622 g/mol. The highest BCUT2D eigenvalue weighted by atomic mass is 32.1. The molecule has 2 bridgehead atoms. The number of carbonyl (C=O) groups is 2. The molecule has 6 rings (SSSR count). The molecule has 4 aromatic rings. The fourth-order valence-corrected chi connectivity index (χ4v) is 7.95. The Morgan fingerprint density at radius 2 is 1.83 bits per heavy atom. The number of aryl methyl sites for hydroxylation is 1. The average Bonchev–Trinajstić information content (AvgIpc) is 3.69. The zero-order chi connectivity index (χ0) is 33.5. The monoisotopic (exact) mass is 660 g/mol. The molecule has 2 fully saturated rings. The number of halogens is 2. The van der Waals surface area contributed by atoms with Crippen molar-refractivity contribution >= 4 is 40.0 Å². The number of aromatic nitrogens is 1. The number of nitrogens with zero attached hydrogens (tertiary/aromatic N) is 3. The number of hydrogen-bond acceptors (Lipinski definition) is 6. The lowest BCUT2D eigenvalue weighted by Gasteiger charge is -2.39. The molecule has 4 heterocycles. The Bertz CT molecular complexity index is 1860. The number of hydrogen-bond donors (Lipinski definition) is 1. The average molecular weight is 661 g/mol. The van der Waals surface area contributed by atoms with Gasteiger partial charge in [0.25, 0.3) is 5.91 Å². The zero-order valence-electron chi connectivity index (χ0n) is 27.0. The number of unbranched alkanes of at least 4 members (excludes halogenated alkanes) is 2. The number of ether oxygens (including phenoxy) is 1. The number of rotatable bonds is 8. The maximum Gasteiger partial charge on any atom is 0.407 e. The summed E-state index contributed by atoms with van der Waals surface area (Å²) in [7, 11) is 0. The van der Waals surface area contributed by atoms with Crippen LogP contribution < -0.4 is 5.32 Å². The third-order valence-electron chi connectivity index (χ3n) is 8.91. The van der Waals surface area contributed by atoms with Crippen molar-refractivity contribution < 1.29 is 27.6 Å². The molecule has 2 aliphatic heterocycles. The van der Waals surface area contributed by atoms with Gasteiger partial charge in [-0.1, -0.05) is 37.1 Å². The van der Waals surface area contributed by atoms with Gasteiger partial charge in [-0.15, -0.1) is 11.3 Å². The van der Waals surface area contributed by atoms with Crippen LogP contribution in [0.5, 0.6) is 0 Å². The number of nitrogens with one attached hydrogen (secondary N) is 1. The Balaban J connectivity index is 1.33. The van der Waals surface area contributed by atoms with Crippen LogP contribution in [0.4, 0.5) is 19.3 Å². The van der Waals surface area contributed by atoms with Crippen molar-refractivity contribution in [2.75, 3.05) is 0 Å². The van der Waals surface area contributed by atoms with Gasteiger partial charge in [0, 0.05) is 39.5 Å². The number of thiophene rings is 1. The van der Waals surface area contributed by atoms with Gasteiger partial charge < -0.3 is 19.5 Å². The van der Waals surface area contributed by atoms with Crippen LogP contribution in [0.1, 0.15) is 88.0 Å².